The first-order valence-electron chi connectivity index (χ1n) is 31.0. The minimum absolute atomic E-state index is 0.0176. The highest BCUT2D eigenvalue weighted by Crippen LogP contribution is 2.54. The van der Waals surface area contributed by atoms with Crippen LogP contribution in [0.2, 0.25) is 0 Å². The average Bonchev–Trinajstić information content (AvgIpc) is 0.720. The predicted octanol–water partition coefficient (Wildman–Crippen LogP) is 15.9. The van der Waals surface area contributed by atoms with Gasteiger partial charge < -0.3 is 9.80 Å². The predicted molar refractivity (Wildman–Crippen MR) is 358 cm³/mol. The van der Waals surface area contributed by atoms with Crippen LogP contribution in [0.3, 0.4) is 0 Å². The Bertz CT molecular complexity index is 4210. The number of para-hydroxylation sites is 4. The molecule has 4 aliphatic heterocycles. The molecule has 0 radical (unpaired) electrons. The van der Waals surface area contributed by atoms with E-state index in [1.54, 1.807) is 0 Å². The second-order valence-electron chi connectivity index (χ2n) is 30.0. The third-order valence-electron chi connectivity index (χ3n) is 20.5. The number of hydrogen-bond donors (Lipinski definition) is 0. The summed E-state index contributed by atoms with van der Waals surface area (Å²) < 4.78 is 0. The fraction of sp³-hybridized carbons (Fsp3) is 0.316. The van der Waals surface area contributed by atoms with Gasteiger partial charge in [0, 0.05) is 67.7 Å². The van der Waals surface area contributed by atoms with E-state index in [2.05, 4.69) is 286 Å². The van der Waals surface area contributed by atoms with E-state index >= 15 is 0 Å². The molecule has 0 unspecified atom stereocenters. The van der Waals surface area contributed by atoms with Crippen LogP contribution >= 0.6 is 0 Å². The summed E-state index contributed by atoms with van der Waals surface area (Å²) in [6.45, 7) is 33.4. The number of nitrogens with zero attached hydrogens (tertiary/aromatic N) is 6. The normalized spacial score (nSPS) is 17.9. The molecule has 0 atom stereocenters. The molecule has 8 heteroatoms. The Hall–Kier alpha value is -7.83. The fourth-order valence-corrected chi connectivity index (χ4v) is 15.5. The van der Waals surface area contributed by atoms with Gasteiger partial charge in [-0.2, -0.15) is 0 Å². The molecule has 6 aliphatic rings. The number of hydrogen-bond acceptors (Lipinski definition) is 6. The van der Waals surface area contributed by atoms with Crippen LogP contribution in [-0.2, 0) is 32.5 Å². The van der Waals surface area contributed by atoms with Gasteiger partial charge in [-0.25, -0.2) is 9.97 Å². The van der Waals surface area contributed by atoms with E-state index in [-0.39, 0.29) is 45.9 Å². The molecule has 6 nitrogen and oxygen atoms in total. The first-order chi connectivity index (χ1) is 39.9. The summed E-state index contributed by atoms with van der Waals surface area (Å²) in [5, 5.41) is 0. The van der Waals surface area contributed by atoms with Gasteiger partial charge in [-0.1, -0.05) is 188 Å². The highest BCUT2D eigenvalue weighted by atomic mass is 15.3. The van der Waals surface area contributed by atoms with E-state index in [0.717, 1.165) is 70.7 Å². The summed E-state index contributed by atoms with van der Waals surface area (Å²) >= 11 is 0. The second kappa shape index (κ2) is 17.9. The number of anilines is 12. The van der Waals surface area contributed by atoms with Crippen molar-refractivity contribution in [2.75, 3.05) is 19.6 Å². The van der Waals surface area contributed by atoms with Crippen molar-refractivity contribution in [3.05, 3.63) is 203 Å². The molecule has 15 rings (SSSR count). The molecule has 0 fully saturated rings. The molecule has 0 saturated heterocycles. The zero-order valence-corrected chi connectivity index (χ0v) is 51.8. The van der Waals surface area contributed by atoms with E-state index in [9.17, 15) is 0 Å². The molecule has 0 saturated carbocycles. The molecule has 0 N–H and O–H groups in total. The smallest absolute Gasteiger partial charge is 0.254 e. The van der Waals surface area contributed by atoms with Crippen LogP contribution in [0.5, 0.6) is 0 Å². The van der Waals surface area contributed by atoms with Gasteiger partial charge >= 0.3 is 0 Å². The van der Waals surface area contributed by atoms with Crippen molar-refractivity contribution in [3.8, 4) is 0 Å². The zero-order chi connectivity index (χ0) is 58.4. The van der Waals surface area contributed by atoms with Crippen LogP contribution < -0.4 is 52.4 Å². The Morgan fingerprint density at radius 1 is 0.321 bits per heavy atom. The molecule has 0 spiro atoms. The summed E-state index contributed by atoms with van der Waals surface area (Å²) in [5.41, 5.74) is 26.8. The zero-order valence-electron chi connectivity index (χ0n) is 51.8. The summed E-state index contributed by atoms with van der Waals surface area (Å²) in [6, 6.07) is 65.2. The standard InChI is InChI=1S/C76H78B2N6/c1-71(2,3)65-45-63-67-69(79-65)83(48-28-20-16-21-29-48)61-44-62-58(43-57(61)77(67)55-32-24-25-33-59(55)81(63)47-26-18-15-19-27-47)78-56-41-53-54(76(13,14)39-38-75(53,11)12)42-60(56)82(50-34-35-51-52(40-50)74(9,10)37-36-73(51,7)8)64-46-66(72(4,5)6)80-70(68(64)78)84(62)49-30-22-17-23-31-49/h15-35,40-46H,36-39H2,1-14H3. The Morgan fingerprint density at radius 3 is 1.19 bits per heavy atom. The highest BCUT2D eigenvalue weighted by Gasteiger charge is 2.52. The molecule has 7 aromatic carbocycles. The number of pyridine rings is 2. The lowest BCUT2D eigenvalue weighted by molar-refractivity contribution is 0.332. The summed E-state index contributed by atoms with van der Waals surface area (Å²) in [7, 11) is 0. The topological polar surface area (TPSA) is 38.7 Å². The minimum atomic E-state index is -0.279. The molecule has 0 bridgehead atoms. The first-order valence-corrected chi connectivity index (χ1v) is 31.0. The summed E-state index contributed by atoms with van der Waals surface area (Å²) in [6.07, 6.45) is 4.58. The Morgan fingerprint density at radius 2 is 0.702 bits per heavy atom. The lowest BCUT2D eigenvalue weighted by atomic mass is 9.30. The third-order valence-corrected chi connectivity index (χ3v) is 20.5. The molecule has 6 heterocycles. The van der Waals surface area contributed by atoms with E-state index < -0.39 is 0 Å². The lowest BCUT2D eigenvalue weighted by Crippen LogP contribution is -2.65. The van der Waals surface area contributed by atoms with E-state index in [1.165, 1.54) is 89.9 Å². The Labute approximate surface area is 500 Å². The Balaban J connectivity index is 1.09. The maximum Gasteiger partial charge on any atom is 0.254 e. The van der Waals surface area contributed by atoms with Gasteiger partial charge in [0.15, 0.2) is 0 Å². The van der Waals surface area contributed by atoms with Gasteiger partial charge in [-0.15, -0.1) is 0 Å². The first kappa shape index (κ1) is 52.9. The summed E-state index contributed by atoms with van der Waals surface area (Å²) in [5.74, 6) is 1.97. The van der Waals surface area contributed by atoms with Crippen molar-refractivity contribution in [1.82, 2.24) is 9.97 Å². The van der Waals surface area contributed by atoms with Crippen molar-refractivity contribution in [1.29, 1.82) is 0 Å². The van der Waals surface area contributed by atoms with Crippen molar-refractivity contribution >= 4 is 115 Å². The van der Waals surface area contributed by atoms with Crippen LogP contribution in [0.1, 0.15) is 156 Å². The number of rotatable bonds is 4. The highest BCUT2D eigenvalue weighted by molar-refractivity contribution is 7.03. The number of benzene rings is 7. The minimum Gasteiger partial charge on any atom is -0.311 e. The van der Waals surface area contributed by atoms with Crippen LogP contribution in [0.15, 0.2) is 170 Å². The molecular formula is C76H78B2N6. The molecule has 2 aliphatic carbocycles. The molecule has 0 amide bonds. The van der Waals surface area contributed by atoms with Gasteiger partial charge in [0.2, 0.25) is 0 Å². The van der Waals surface area contributed by atoms with Crippen LogP contribution in [-0.4, -0.2) is 23.4 Å². The van der Waals surface area contributed by atoms with Crippen molar-refractivity contribution in [2.24, 2.45) is 0 Å². The number of fused-ring (bicyclic) bond motifs is 10. The molecule has 84 heavy (non-hydrogen) atoms. The molecule has 2 aromatic heterocycles. The van der Waals surface area contributed by atoms with Crippen molar-refractivity contribution in [3.63, 3.8) is 0 Å². The van der Waals surface area contributed by atoms with E-state index in [4.69, 9.17) is 9.97 Å². The van der Waals surface area contributed by atoms with E-state index in [1.807, 2.05) is 0 Å². The molecule has 9 aromatic rings. The van der Waals surface area contributed by atoms with Crippen molar-refractivity contribution < 1.29 is 0 Å². The lowest BCUT2D eigenvalue weighted by Gasteiger charge is -2.48. The number of aromatic nitrogens is 2. The Kier molecular flexibility index (Phi) is 11.3. The van der Waals surface area contributed by atoms with Crippen LogP contribution in [0.25, 0.3) is 0 Å². The van der Waals surface area contributed by atoms with Gasteiger partial charge in [0.1, 0.15) is 11.6 Å². The quantitative estimate of drug-likeness (QED) is 0.164. The van der Waals surface area contributed by atoms with Gasteiger partial charge in [0.25, 0.3) is 13.4 Å². The second-order valence-corrected chi connectivity index (χ2v) is 30.0. The van der Waals surface area contributed by atoms with Gasteiger partial charge in [-0.05, 0) is 181 Å². The fourth-order valence-electron chi connectivity index (χ4n) is 15.5. The average molecular weight is 1100 g/mol. The van der Waals surface area contributed by atoms with Crippen molar-refractivity contribution in [2.45, 2.75) is 155 Å². The van der Waals surface area contributed by atoms with Gasteiger partial charge in [-0.3, -0.25) is 9.80 Å². The molecular weight excluding hydrogens is 1020 g/mol. The monoisotopic (exact) mass is 1100 g/mol. The maximum absolute atomic E-state index is 6.04. The molecule has 418 valence electrons. The third kappa shape index (κ3) is 7.76. The van der Waals surface area contributed by atoms with Crippen LogP contribution in [0.4, 0.5) is 68.5 Å². The maximum atomic E-state index is 6.04. The largest absolute Gasteiger partial charge is 0.311 e. The SMILES string of the molecule is CC(C)(C)c1cc2c3c(n1)N(c1ccccc1)c1cc4c(cc1B3c1ccccc1N2c1ccccc1)B1c2cc3c(cc2N(c2ccc5c(c2)C(C)(C)CCC5(C)C)c2cc(C(C)(C)C)nc(c21)N4c1ccccc1)C(C)(C)CCC3(C)C. The van der Waals surface area contributed by atoms with Crippen LogP contribution in [0, 0.1) is 0 Å². The van der Waals surface area contributed by atoms with E-state index in [0.29, 0.717) is 0 Å². The summed E-state index contributed by atoms with van der Waals surface area (Å²) in [4.78, 5) is 22.2. The van der Waals surface area contributed by atoms with Gasteiger partial charge in [0.05, 0.1) is 11.4 Å².